The Balaban J connectivity index is 1.12. The SMILES string of the molecule is O=C(c1cc2c(CC3CCOCC3)[nH]nc2cc1O)N1Cc2ccc(OCCN3CCNCC3)cc2C1. The van der Waals surface area contributed by atoms with Crippen molar-refractivity contribution in [2.75, 3.05) is 52.5 Å². The van der Waals surface area contributed by atoms with Crippen LogP contribution in [0.2, 0.25) is 0 Å². The summed E-state index contributed by atoms with van der Waals surface area (Å²) >= 11 is 0. The van der Waals surface area contributed by atoms with Crippen molar-refractivity contribution in [1.29, 1.82) is 0 Å². The van der Waals surface area contributed by atoms with E-state index >= 15 is 0 Å². The largest absolute Gasteiger partial charge is 0.507 e. The van der Waals surface area contributed by atoms with Crippen LogP contribution in [0, 0.1) is 5.92 Å². The van der Waals surface area contributed by atoms with E-state index in [0.717, 1.165) is 93.2 Å². The van der Waals surface area contributed by atoms with Gasteiger partial charge in [-0.25, -0.2) is 0 Å². The fraction of sp³-hybridized carbons (Fsp3) is 0.500. The molecule has 6 rings (SSSR count). The van der Waals surface area contributed by atoms with Crippen molar-refractivity contribution in [2.45, 2.75) is 32.4 Å². The average molecular weight is 506 g/mol. The van der Waals surface area contributed by atoms with E-state index in [1.807, 2.05) is 18.2 Å². The van der Waals surface area contributed by atoms with E-state index in [0.29, 0.717) is 36.7 Å². The van der Waals surface area contributed by atoms with E-state index in [2.05, 4.69) is 20.4 Å². The van der Waals surface area contributed by atoms with Gasteiger partial charge in [0, 0.05) is 76.2 Å². The molecule has 2 saturated heterocycles. The minimum Gasteiger partial charge on any atom is -0.507 e. The summed E-state index contributed by atoms with van der Waals surface area (Å²) in [5, 5.41) is 22.5. The van der Waals surface area contributed by atoms with Crippen LogP contribution in [0.3, 0.4) is 0 Å². The van der Waals surface area contributed by atoms with Crippen LogP contribution >= 0.6 is 0 Å². The molecule has 3 N–H and O–H groups in total. The Morgan fingerprint density at radius 3 is 2.76 bits per heavy atom. The van der Waals surface area contributed by atoms with Crippen molar-refractivity contribution in [1.82, 2.24) is 25.3 Å². The summed E-state index contributed by atoms with van der Waals surface area (Å²) in [7, 11) is 0. The Labute approximate surface area is 216 Å². The number of fused-ring (bicyclic) bond motifs is 2. The third-order valence-electron chi connectivity index (χ3n) is 7.89. The maximum Gasteiger partial charge on any atom is 0.258 e. The second kappa shape index (κ2) is 10.7. The molecule has 3 aromatic rings. The Kier molecular flexibility index (Phi) is 6.99. The number of ether oxygens (including phenoxy) is 2. The van der Waals surface area contributed by atoms with Crippen LogP contribution in [0.15, 0.2) is 30.3 Å². The summed E-state index contributed by atoms with van der Waals surface area (Å²) in [6.07, 6.45) is 2.92. The summed E-state index contributed by atoms with van der Waals surface area (Å²) in [6, 6.07) is 9.49. The number of phenols is 1. The van der Waals surface area contributed by atoms with Gasteiger partial charge in [-0.2, -0.15) is 5.10 Å². The zero-order chi connectivity index (χ0) is 25.2. The molecule has 0 aliphatic carbocycles. The number of hydrogen-bond acceptors (Lipinski definition) is 7. The molecule has 0 bridgehead atoms. The number of nitrogens with zero attached hydrogens (tertiary/aromatic N) is 3. The highest BCUT2D eigenvalue weighted by Gasteiger charge is 2.28. The third-order valence-corrected chi connectivity index (χ3v) is 7.89. The smallest absolute Gasteiger partial charge is 0.258 e. The van der Waals surface area contributed by atoms with Crippen molar-refractivity contribution < 1.29 is 19.4 Å². The van der Waals surface area contributed by atoms with Crippen LogP contribution in [0.5, 0.6) is 11.5 Å². The second-order valence-corrected chi connectivity index (χ2v) is 10.4. The monoisotopic (exact) mass is 505 g/mol. The molecule has 2 aromatic carbocycles. The molecular formula is C28H35N5O4. The minimum atomic E-state index is -0.171. The van der Waals surface area contributed by atoms with Gasteiger partial charge in [-0.05, 0) is 54.5 Å². The van der Waals surface area contributed by atoms with Gasteiger partial charge < -0.3 is 24.8 Å². The van der Waals surface area contributed by atoms with Crippen LogP contribution in [0.25, 0.3) is 10.9 Å². The number of carbonyl (C=O) groups excluding carboxylic acids is 1. The standard InChI is InChI=1S/C28H35N5O4/c34-27-16-26-23(25(30-31-26)13-19-3-10-36-11-4-19)15-24(27)28(35)33-17-20-1-2-22(14-21(20)18-33)37-12-9-32-7-5-29-6-8-32/h1-2,14-16,19,29,34H,3-13,17-18H2,(H,30,31). The maximum absolute atomic E-state index is 13.5. The quantitative estimate of drug-likeness (QED) is 0.454. The summed E-state index contributed by atoms with van der Waals surface area (Å²) in [5.41, 5.74) is 4.23. The van der Waals surface area contributed by atoms with Crippen molar-refractivity contribution in [3.05, 3.63) is 52.7 Å². The van der Waals surface area contributed by atoms with Gasteiger partial charge in [0.05, 0.1) is 11.1 Å². The van der Waals surface area contributed by atoms with E-state index in [1.165, 1.54) is 0 Å². The number of aromatic nitrogens is 2. The molecule has 0 spiro atoms. The lowest BCUT2D eigenvalue weighted by molar-refractivity contribution is 0.0663. The van der Waals surface area contributed by atoms with Crippen molar-refractivity contribution in [3.63, 3.8) is 0 Å². The highest BCUT2D eigenvalue weighted by Crippen LogP contribution is 2.33. The Morgan fingerprint density at radius 1 is 1.11 bits per heavy atom. The number of piperazine rings is 1. The number of aromatic amines is 1. The Bertz CT molecular complexity index is 1260. The molecule has 3 aliphatic rings. The topological polar surface area (TPSA) is 103 Å². The molecule has 196 valence electrons. The van der Waals surface area contributed by atoms with Gasteiger partial charge in [0.2, 0.25) is 0 Å². The first-order valence-electron chi connectivity index (χ1n) is 13.4. The molecular weight excluding hydrogens is 470 g/mol. The lowest BCUT2D eigenvalue weighted by Gasteiger charge is -2.26. The predicted octanol–water partition coefficient (Wildman–Crippen LogP) is 2.68. The first kappa shape index (κ1) is 24.2. The van der Waals surface area contributed by atoms with Crippen molar-refractivity contribution in [3.8, 4) is 11.5 Å². The number of carbonyl (C=O) groups is 1. The molecule has 2 fully saturated rings. The Hall–Kier alpha value is -3.14. The number of phenolic OH excluding ortho intramolecular Hbond substituents is 1. The average Bonchev–Trinajstić information content (AvgIpc) is 3.52. The molecule has 0 radical (unpaired) electrons. The van der Waals surface area contributed by atoms with Crippen molar-refractivity contribution >= 4 is 16.8 Å². The molecule has 4 heterocycles. The fourth-order valence-electron chi connectivity index (χ4n) is 5.67. The second-order valence-electron chi connectivity index (χ2n) is 10.4. The van der Waals surface area contributed by atoms with Gasteiger partial charge in [0.15, 0.2) is 0 Å². The lowest BCUT2D eigenvalue weighted by atomic mass is 9.93. The molecule has 0 atom stereocenters. The summed E-state index contributed by atoms with van der Waals surface area (Å²) in [6.45, 7) is 8.34. The van der Waals surface area contributed by atoms with E-state index in [4.69, 9.17) is 9.47 Å². The number of benzene rings is 2. The van der Waals surface area contributed by atoms with Gasteiger partial charge >= 0.3 is 0 Å². The fourth-order valence-corrected chi connectivity index (χ4v) is 5.67. The number of amides is 1. The van der Waals surface area contributed by atoms with Crippen LogP contribution in [-0.2, 0) is 24.2 Å². The summed E-state index contributed by atoms with van der Waals surface area (Å²) < 4.78 is 11.5. The molecule has 9 nitrogen and oxygen atoms in total. The molecule has 3 aliphatic heterocycles. The number of aromatic hydroxyl groups is 1. The molecule has 1 amide bonds. The lowest BCUT2D eigenvalue weighted by Crippen LogP contribution is -2.44. The normalized spacial score (nSPS) is 18.9. The van der Waals surface area contributed by atoms with Gasteiger partial charge in [0.25, 0.3) is 5.91 Å². The van der Waals surface area contributed by atoms with E-state index in [-0.39, 0.29) is 11.7 Å². The van der Waals surface area contributed by atoms with Crippen LogP contribution in [-0.4, -0.2) is 83.6 Å². The van der Waals surface area contributed by atoms with Gasteiger partial charge in [-0.3, -0.25) is 14.8 Å². The van der Waals surface area contributed by atoms with Gasteiger partial charge in [0.1, 0.15) is 18.1 Å². The maximum atomic E-state index is 13.5. The van der Waals surface area contributed by atoms with Crippen LogP contribution < -0.4 is 10.1 Å². The first-order valence-corrected chi connectivity index (χ1v) is 13.4. The first-order chi connectivity index (χ1) is 18.1. The number of H-pyrrole nitrogens is 1. The minimum absolute atomic E-state index is 0.0329. The van der Waals surface area contributed by atoms with Crippen LogP contribution in [0.4, 0.5) is 0 Å². The number of rotatable bonds is 7. The zero-order valence-corrected chi connectivity index (χ0v) is 21.2. The van der Waals surface area contributed by atoms with E-state index < -0.39 is 0 Å². The number of hydrogen-bond donors (Lipinski definition) is 3. The van der Waals surface area contributed by atoms with Gasteiger partial charge in [-0.15, -0.1) is 0 Å². The summed E-state index contributed by atoms with van der Waals surface area (Å²) in [4.78, 5) is 17.7. The molecule has 0 unspecified atom stereocenters. The van der Waals surface area contributed by atoms with E-state index in [9.17, 15) is 9.90 Å². The summed E-state index contributed by atoms with van der Waals surface area (Å²) in [5.74, 6) is 1.17. The predicted molar refractivity (Wildman–Crippen MR) is 140 cm³/mol. The van der Waals surface area contributed by atoms with Gasteiger partial charge in [-0.1, -0.05) is 6.07 Å². The highest BCUT2D eigenvalue weighted by molar-refractivity contribution is 6.01. The van der Waals surface area contributed by atoms with E-state index in [1.54, 1.807) is 17.0 Å². The van der Waals surface area contributed by atoms with Crippen LogP contribution in [0.1, 0.15) is 40.0 Å². The molecule has 37 heavy (non-hydrogen) atoms. The number of nitrogens with one attached hydrogen (secondary N) is 2. The Morgan fingerprint density at radius 2 is 1.92 bits per heavy atom. The molecule has 0 saturated carbocycles. The molecule has 9 heteroatoms. The highest BCUT2D eigenvalue weighted by atomic mass is 16.5. The van der Waals surface area contributed by atoms with Crippen molar-refractivity contribution in [2.24, 2.45) is 5.92 Å². The zero-order valence-electron chi connectivity index (χ0n) is 21.2. The third kappa shape index (κ3) is 5.30. The molecule has 1 aromatic heterocycles.